The Balaban J connectivity index is 2.23. The van der Waals surface area contributed by atoms with E-state index in [-0.39, 0.29) is 6.61 Å². The van der Waals surface area contributed by atoms with E-state index in [0.717, 1.165) is 12.2 Å². The lowest BCUT2D eigenvalue weighted by Crippen LogP contribution is -1.94. The van der Waals surface area contributed by atoms with Crippen LogP contribution in [-0.2, 0) is 6.42 Å². The zero-order valence-electron chi connectivity index (χ0n) is 13.1. The van der Waals surface area contributed by atoms with Crippen LogP contribution in [0.3, 0.4) is 0 Å². The standard InChI is InChI=1S/C20H22O2/c1-2-3-12-19-13-15-20(16-14-19)22-18-11-9-7-5-4-6-8-10-17-21/h13-16,21H,2-3,6-7,12,17-18H2,1H3. The van der Waals surface area contributed by atoms with Crippen molar-refractivity contribution in [2.75, 3.05) is 13.2 Å². The third-order valence-corrected chi connectivity index (χ3v) is 2.86. The Bertz CT molecular complexity index is 595. The first kappa shape index (κ1) is 17.7. The number of aliphatic hydroxyl groups is 1. The number of hydrogen-bond donors (Lipinski definition) is 1. The highest BCUT2D eigenvalue weighted by molar-refractivity contribution is 5.27. The first-order chi connectivity index (χ1) is 10.9. The van der Waals surface area contributed by atoms with Crippen LogP contribution < -0.4 is 4.74 Å². The van der Waals surface area contributed by atoms with Crippen LogP contribution in [0.1, 0.15) is 38.2 Å². The monoisotopic (exact) mass is 294 g/mol. The number of rotatable bonds is 5. The fourth-order valence-electron chi connectivity index (χ4n) is 1.70. The molecule has 0 bridgehead atoms. The molecule has 22 heavy (non-hydrogen) atoms. The fraction of sp³-hybridized carbons (Fsp3) is 0.400. The Labute approximate surface area is 133 Å². The lowest BCUT2D eigenvalue weighted by molar-refractivity contribution is 0.350. The zero-order chi connectivity index (χ0) is 15.9. The van der Waals surface area contributed by atoms with Gasteiger partial charge in [0.05, 0.1) is 12.8 Å². The van der Waals surface area contributed by atoms with Gasteiger partial charge in [0.15, 0.2) is 0 Å². The number of unbranched alkanes of at least 4 members (excludes halogenated alkanes) is 1. The molecule has 1 aromatic carbocycles. The molecule has 0 heterocycles. The van der Waals surface area contributed by atoms with Gasteiger partial charge in [-0.1, -0.05) is 61.0 Å². The number of hydrogen-bond acceptors (Lipinski definition) is 2. The van der Waals surface area contributed by atoms with E-state index in [2.05, 4.69) is 54.6 Å². The van der Waals surface area contributed by atoms with Crippen molar-refractivity contribution in [3.05, 3.63) is 29.8 Å². The summed E-state index contributed by atoms with van der Waals surface area (Å²) in [6.07, 6.45) is 4.55. The van der Waals surface area contributed by atoms with Gasteiger partial charge in [0.1, 0.15) is 19.0 Å². The van der Waals surface area contributed by atoms with Gasteiger partial charge in [-0.15, -0.1) is 0 Å². The minimum absolute atomic E-state index is 0.113. The topological polar surface area (TPSA) is 29.5 Å². The molecule has 0 unspecified atom stereocenters. The highest BCUT2D eigenvalue weighted by Crippen LogP contribution is 2.13. The van der Waals surface area contributed by atoms with Gasteiger partial charge in [-0.3, -0.25) is 0 Å². The van der Waals surface area contributed by atoms with Crippen LogP contribution in [0.15, 0.2) is 24.3 Å². The molecular formula is C20H22O2. The van der Waals surface area contributed by atoms with E-state index < -0.39 is 0 Å². The molecule has 0 amide bonds. The summed E-state index contributed by atoms with van der Waals surface area (Å²) < 4.78 is 5.55. The van der Waals surface area contributed by atoms with Crippen molar-refractivity contribution in [1.82, 2.24) is 0 Å². The van der Waals surface area contributed by atoms with Crippen molar-refractivity contribution < 1.29 is 9.84 Å². The lowest BCUT2D eigenvalue weighted by atomic mass is 10.1. The van der Waals surface area contributed by atoms with Crippen molar-refractivity contribution in [3.8, 4) is 41.3 Å². The zero-order valence-corrected chi connectivity index (χ0v) is 13.1. The van der Waals surface area contributed by atoms with Gasteiger partial charge >= 0.3 is 0 Å². The molecule has 1 aromatic rings. The normalized spacial score (nSPS) is 8.64. The molecule has 0 aliphatic heterocycles. The van der Waals surface area contributed by atoms with Crippen LogP contribution in [0.5, 0.6) is 5.75 Å². The maximum absolute atomic E-state index is 8.46. The molecule has 0 saturated heterocycles. The number of aryl methyl sites for hydroxylation is 1. The second-order valence-electron chi connectivity index (χ2n) is 4.61. The van der Waals surface area contributed by atoms with E-state index >= 15 is 0 Å². The number of benzene rings is 1. The van der Waals surface area contributed by atoms with E-state index in [1.165, 1.54) is 18.4 Å². The molecule has 0 spiro atoms. The molecule has 114 valence electrons. The quantitative estimate of drug-likeness (QED) is 0.845. The second-order valence-corrected chi connectivity index (χ2v) is 4.61. The predicted octanol–water partition coefficient (Wildman–Crippen LogP) is 3.19. The average molecular weight is 294 g/mol. The molecule has 2 nitrogen and oxygen atoms in total. The molecule has 0 fully saturated rings. The van der Waals surface area contributed by atoms with E-state index in [0.29, 0.717) is 19.4 Å². The van der Waals surface area contributed by atoms with Gasteiger partial charge in [0.25, 0.3) is 0 Å². The minimum atomic E-state index is -0.113. The Morgan fingerprint density at radius 3 is 2.18 bits per heavy atom. The summed E-state index contributed by atoms with van der Waals surface area (Å²) >= 11 is 0. The van der Waals surface area contributed by atoms with E-state index in [1.54, 1.807) is 0 Å². The summed E-state index contributed by atoms with van der Waals surface area (Å²) in [6.45, 7) is 2.46. The van der Waals surface area contributed by atoms with Gasteiger partial charge in [-0.2, -0.15) is 0 Å². The maximum atomic E-state index is 8.46. The van der Waals surface area contributed by atoms with Crippen molar-refractivity contribution in [3.63, 3.8) is 0 Å². The highest BCUT2D eigenvalue weighted by Gasteiger charge is 1.94. The van der Waals surface area contributed by atoms with Crippen molar-refractivity contribution in [2.45, 2.75) is 39.0 Å². The van der Waals surface area contributed by atoms with Crippen molar-refractivity contribution in [2.24, 2.45) is 0 Å². The third-order valence-electron chi connectivity index (χ3n) is 2.86. The summed E-state index contributed by atoms with van der Waals surface area (Å²) in [5.41, 5.74) is 1.35. The van der Waals surface area contributed by atoms with Crippen molar-refractivity contribution >= 4 is 0 Å². The summed E-state index contributed by atoms with van der Waals surface area (Å²) in [5, 5.41) is 8.46. The number of aliphatic hydroxyl groups excluding tert-OH is 1. The smallest absolute Gasteiger partial charge is 0.149 e. The van der Waals surface area contributed by atoms with Crippen LogP contribution >= 0.6 is 0 Å². The van der Waals surface area contributed by atoms with Crippen LogP contribution in [0.4, 0.5) is 0 Å². The van der Waals surface area contributed by atoms with Crippen LogP contribution in [0.25, 0.3) is 0 Å². The Morgan fingerprint density at radius 1 is 0.909 bits per heavy atom. The highest BCUT2D eigenvalue weighted by atomic mass is 16.5. The Hall–Kier alpha value is -2.34. The summed E-state index contributed by atoms with van der Waals surface area (Å²) in [5.74, 6) is 17.8. The van der Waals surface area contributed by atoms with Gasteiger partial charge in [-0.05, 0) is 30.5 Å². The van der Waals surface area contributed by atoms with Crippen molar-refractivity contribution in [1.29, 1.82) is 0 Å². The van der Waals surface area contributed by atoms with Gasteiger partial charge in [-0.25, -0.2) is 0 Å². The largest absolute Gasteiger partial charge is 0.481 e. The van der Waals surface area contributed by atoms with Crippen LogP contribution in [-0.4, -0.2) is 18.3 Å². The first-order valence-electron chi connectivity index (χ1n) is 7.56. The molecule has 0 radical (unpaired) electrons. The van der Waals surface area contributed by atoms with E-state index in [4.69, 9.17) is 9.84 Å². The minimum Gasteiger partial charge on any atom is -0.481 e. The summed E-state index contributed by atoms with van der Waals surface area (Å²) in [4.78, 5) is 0. The first-order valence-corrected chi connectivity index (χ1v) is 7.56. The van der Waals surface area contributed by atoms with Gasteiger partial charge in [0, 0.05) is 0 Å². The molecule has 0 aliphatic carbocycles. The Morgan fingerprint density at radius 2 is 1.55 bits per heavy atom. The molecule has 1 rings (SSSR count). The maximum Gasteiger partial charge on any atom is 0.149 e. The molecule has 2 heteroatoms. The van der Waals surface area contributed by atoms with Gasteiger partial charge < -0.3 is 9.84 Å². The molecule has 0 saturated carbocycles. The van der Waals surface area contributed by atoms with Crippen LogP contribution in [0.2, 0.25) is 0 Å². The Kier molecular flexibility index (Phi) is 9.99. The van der Waals surface area contributed by atoms with E-state index in [9.17, 15) is 0 Å². The lowest BCUT2D eigenvalue weighted by Gasteiger charge is -2.03. The SMILES string of the molecule is CCCCc1ccc(OCC#CCC#CCC#CCO)cc1. The summed E-state index contributed by atoms with van der Waals surface area (Å²) in [7, 11) is 0. The molecule has 1 N–H and O–H groups in total. The average Bonchev–Trinajstić information content (AvgIpc) is 2.56. The summed E-state index contributed by atoms with van der Waals surface area (Å²) in [6, 6.07) is 8.20. The van der Waals surface area contributed by atoms with Crippen LogP contribution in [0, 0.1) is 35.5 Å². The fourth-order valence-corrected chi connectivity index (χ4v) is 1.70. The second kappa shape index (κ2) is 12.4. The molecule has 0 aromatic heterocycles. The molecular weight excluding hydrogens is 272 g/mol. The molecule has 0 atom stereocenters. The molecule has 0 aliphatic rings. The third kappa shape index (κ3) is 8.76. The number of ether oxygens (including phenoxy) is 1. The van der Waals surface area contributed by atoms with E-state index in [1.807, 2.05) is 12.1 Å². The predicted molar refractivity (Wildman–Crippen MR) is 90.2 cm³/mol. The van der Waals surface area contributed by atoms with Gasteiger partial charge in [0.2, 0.25) is 0 Å².